The van der Waals surface area contributed by atoms with Gasteiger partial charge in [0.25, 0.3) is 0 Å². The van der Waals surface area contributed by atoms with Crippen molar-refractivity contribution < 1.29 is 19.1 Å². The van der Waals surface area contributed by atoms with Gasteiger partial charge in [-0.15, -0.1) is 0 Å². The highest BCUT2D eigenvalue weighted by Gasteiger charge is 2.32. The van der Waals surface area contributed by atoms with Gasteiger partial charge in [0.2, 0.25) is 5.91 Å². The van der Waals surface area contributed by atoms with Gasteiger partial charge in [0.15, 0.2) is 0 Å². The van der Waals surface area contributed by atoms with E-state index in [1.54, 1.807) is 23.1 Å². The number of esters is 1. The minimum Gasteiger partial charge on any atom is -0.493 e. The number of amides is 1. The summed E-state index contributed by atoms with van der Waals surface area (Å²) in [5.74, 6) is -0.399. The van der Waals surface area contributed by atoms with E-state index in [9.17, 15) is 9.59 Å². The minimum atomic E-state index is -0.475. The van der Waals surface area contributed by atoms with E-state index in [2.05, 4.69) is 0 Å². The molecule has 0 fully saturated rings. The number of hydrogen-bond acceptors (Lipinski definition) is 4. The fourth-order valence-corrected chi connectivity index (χ4v) is 3.67. The Morgan fingerprint density at radius 3 is 2.56 bits per heavy atom. The Balaban J connectivity index is 1.64. The SMILES string of the molecule is COC(=O)C1CN(C(=O)CCOc2cc(Cl)cc(Cl)c2)Cc2ccccc21. The summed E-state index contributed by atoms with van der Waals surface area (Å²) in [4.78, 5) is 26.4. The standard InChI is InChI=1S/C20H19Cl2NO4/c1-26-20(25)18-12-23(11-13-4-2-3-5-17(13)18)19(24)6-7-27-16-9-14(21)8-15(22)10-16/h2-5,8-10,18H,6-7,11-12H2,1H3. The van der Waals surface area contributed by atoms with Crippen LogP contribution in [0.25, 0.3) is 0 Å². The molecule has 1 aliphatic rings. The molecule has 7 heteroatoms. The Morgan fingerprint density at radius 1 is 1.15 bits per heavy atom. The van der Waals surface area contributed by atoms with Gasteiger partial charge in [-0.05, 0) is 29.3 Å². The number of rotatable bonds is 5. The summed E-state index contributed by atoms with van der Waals surface area (Å²) in [6.07, 6.45) is 0.181. The highest BCUT2D eigenvalue weighted by molar-refractivity contribution is 6.34. The Kier molecular flexibility index (Phi) is 6.24. The maximum absolute atomic E-state index is 12.6. The number of ether oxygens (including phenoxy) is 2. The van der Waals surface area contributed by atoms with Crippen molar-refractivity contribution in [3.05, 3.63) is 63.6 Å². The first kappa shape index (κ1) is 19.5. The van der Waals surface area contributed by atoms with Gasteiger partial charge in [0.05, 0.1) is 26.1 Å². The van der Waals surface area contributed by atoms with Crippen LogP contribution < -0.4 is 4.74 Å². The molecule has 1 aliphatic heterocycles. The van der Waals surface area contributed by atoms with E-state index in [-0.39, 0.29) is 24.9 Å². The zero-order chi connectivity index (χ0) is 19.4. The molecule has 1 heterocycles. The Labute approximate surface area is 167 Å². The molecule has 0 spiro atoms. The van der Waals surface area contributed by atoms with Crippen LogP contribution in [0, 0.1) is 0 Å². The molecule has 2 aromatic rings. The van der Waals surface area contributed by atoms with Crippen LogP contribution in [-0.4, -0.2) is 37.0 Å². The van der Waals surface area contributed by atoms with Gasteiger partial charge in [0.1, 0.15) is 5.75 Å². The molecule has 1 unspecified atom stereocenters. The fourth-order valence-electron chi connectivity index (χ4n) is 3.17. The van der Waals surface area contributed by atoms with E-state index in [1.807, 2.05) is 24.3 Å². The number of nitrogens with zero attached hydrogens (tertiary/aromatic N) is 1. The van der Waals surface area contributed by atoms with Crippen LogP contribution in [0.4, 0.5) is 0 Å². The molecule has 27 heavy (non-hydrogen) atoms. The minimum absolute atomic E-state index is 0.0912. The molecule has 5 nitrogen and oxygen atoms in total. The summed E-state index contributed by atoms with van der Waals surface area (Å²) in [6, 6.07) is 12.5. The van der Waals surface area contributed by atoms with Crippen molar-refractivity contribution in [2.24, 2.45) is 0 Å². The number of carbonyl (C=O) groups is 2. The number of halogens is 2. The van der Waals surface area contributed by atoms with Crippen molar-refractivity contribution >= 4 is 35.1 Å². The summed E-state index contributed by atoms with van der Waals surface area (Å²) in [7, 11) is 1.36. The smallest absolute Gasteiger partial charge is 0.314 e. The summed E-state index contributed by atoms with van der Waals surface area (Å²) < 4.78 is 10.5. The van der Waals surface area contributed by atoms with E-state index in [1.165, 1.54) is 7.11 Å². The molecular formula is C20H19Cl2NO4. The summed E-state index contributed by atoms with van der Waals surface area (Å²) in [6.45, 7) is 0.952. The first-order chi connectivity index (χ1) is 13.0. The molecule has 0 saturated carbocycles. The van der Waals surface area contributed by atoms with Crippen LogP contribution in [-0.2, 0) is 20.9 Å². The van der Waals surface area contributed by atoms with Gasteiger partial charge in [-0.3, -0.25) is 9.59 Å². The van der Waals surface area contributed by atoms with E-state index < -0.39 is 5.92 Å². The Morgan fingerprint density at radius 2 is 1.85 bits per heavy atom. The van der Waals surface area contributed by atoms with Crippen molar-refractivity contribution in [2.75, 3.05) is 20.3 Å². The van der Waals surface area contributed by atoms with E-state index in [4.69, 9.17) is 32.7 Å². The predicted octanol–water partition coefficient (Wildman–Crippen LogP) is 4.06. The predicted molar refractivity (Wildman–Crippen MR) is 103 cm³/mol. The molecule has 1 amide bonds. The van der Waals surface area contributed by atoms with Crippen LogP contribution in [0.2, 0.25) is 10.0 Å². The van der Waals surface area contributed by atoms with Gasteiger partial charge in [-0.25, -0.2) is 0 Å². The maximum Gasteiger partial charge on any atom is 0.314 e. The number of benzene rings is 2. The highest BCUT2D eigenvalue weighted by atomic mass is 35.5. The Bertz CT molecular complexity index is 835. The molecule has 3 rings (SSSR count). The third-order valence-electron chi connectivity index (χ3n) is 4.45. The van der Waals surface area contributed by atoms with Crippen LogP contribution in [0.5, 0.6) is 5.75 Å². The first-order valence-electron chi connectivity index (χ1n) is 8.50. The quantitative estimate of drug-likeness (QED) is 0.701. The lowest BCUT2D eigenvalue weighted by Gasteiger charge is -2.33. The van der Waals surface area contributed by atoms with Gasteiger partial charge >= 0.3 is 5.97 Å². The molecule has 1 atom stereocenters. The zero-order valence-corrected chi connectivity index (χ0v) is 16.3. The zero-order valence-electron chi connectivity index (χ0n) is 14.8. The maximum atomic E-state index is 12.6. The number of carbonyl (C=O) groups excluding carboxylic acids is 2. The summed E-state index contributed by atoms with van der Waals surface area (Å²) in [5, 5.41) is 0.940. The van der Waals surface area contributed by atoms with Gasteiger partial charge < -0.3 is 14.4 Å². The second-order valence-corrected chi connectivity index (χ2v) is 7.13. The number of fused-ring (bicyclic) bond motifs is 1. The second kappa shape index (κ2) is 8.63. The molecule has 0 saturated heterocycles. The van der Waals surface area contributed by atoms with E-state index in [0.717, 1.165) is 11.1 Å². The molecule has 0 N–H and O–H groups in total. The monoisotopic (exact) mass is 407 g/mol. The number of methoxy groups -OCH3 is 1. The topological polar surface area (TPSA) is 55.8 Å². The molecule has 0 aromatic heterocycles. The Hall–Kier alpha value is -2.24. The van der Waals surface area contributed by atoms with Crippen molar-refractivity contribution in [2.45, 2.75) is 18.9 Å². The highest BCUT2D eigenvalue weighted by Crippen LogP contribution is 2.29. The normalized spacial score (nSPS) is 15.8. The second-order valence-electron chi connectivity index (χ2n) is 6.25. The van der Waals surface area contributed by atoms with Crippen molar-refractivity contribution in [3.63, 3.8) is 0 Å². The fraction of sp³-hybridized carbons (Fsp3) is 0.300. The van der Waals surface area contributed by atoms with Crippen LogP contribution in [0.15, 0.2) is 42.5 Å². The molecule has 0 radical (unpaired) electrons. The van der Waals surface area contributed by atoms with Gasteiger partial charge in [-0.1, -0.05) is 47.5 Å². The van der Waals surface area contributed by atoms with Crippen LogP contribution in [0.3, 0.4) is 0 Å². The molecular weight excluding hydrogens is 389 g/mol. The lowest BCUT2D eigenvalue weighted by molar-refractivity contribution is -0.144. The summed E-state index contributed by atoms with van der Waals surface area (Å²) >= 11 is 11.9. The third-order valence-corrected chi connectivity index (χ3v) is 4.89. The average Bonchev–Trinajstić information content (AvgIpc) is 2.65. The molecule has 0 bridgehead atoms. The summed E-state index contributed by atoms with van der Waals surface area (Å²) in [5.41, 5.74) is 1.87. The molecule has 2 aromatic carbocycles. The molecule has 0 aliphatic carbocycles. The van der Waals surface area contributed by atoms with Crippen LogP contribution in [0.1, 0.15) is 23.5 Å². The third kappa shape index (κ3) is 4.73. The lowest BCUT2D eigenvalue weighted by Crippen LogP contribution is -2.41. The van der Waals surface area contributed by atoms with Gasteiger partial charge in [-0.2, -0.15) is 0 Å². The lowest BCUT2D eigenvalue weighted by atomic mass is 9.89. The van der Waals surface area contributed by atoms with E-state index in [0.29, 0.717) is 28.9 Å². The molecule has 142 valence electrons. The first-order valence-corrected chi connectivity index (χ1v) is 9.26. The van der Waals surface area contributed by atoms with Crippen LogP contribution >= 0.6 is 23.2 Å². The van der Waals surface area contributed by atoms with E-state index >= 15 is 0 Å². The van der Waals surface area contributed by atoms with Crippen molar-refractivity contribution in [3.8, 4) is 5.75 Å². The van der Waals surface area contributed by atoms with Crippen molar-refractivity contribution in [1.29, 1.82) is 0 Å². The average molecular weight is 408 g/mol. The van der Waals surface area contributed by atoms with Crippen molar-refractivity contribution in [1.82, 2.24) is 4.90 Å². The van der Waals surface area contributed by atoms with Gasteiger partial charge in [0, 0.05) is 23.1 Å². The largest absolute Gasteiger partial charge is 0.493 e. The number of hydrogen-bond donors (Lipinski definition) is 0.